The maximum atomic E-state index is 12.9. The minimum absolute atomic E-state index is 0.0764. The number of nitrogens with zero attached hydrogens (tertiary/aromatic N) is 1. The van der Waals surface area contributed by atoms with Crippen LogP contribution in [0.2, 0.25) is 0 Å². The van der Waals surface area contributed by atoms with Gasteiger partial charge in [-0.2, -0.15) is 4.31 Å². The Labute approximate surface area is 152 Å². The highest BCUT2D eigenvalue weighted by Gasteiger charge is 2.46. The lowest BCUT2D eigenvalue weighted by Crippen LogP contribution is -2.59. The Bertz CT molecular complexity index is 826. The number of hydrogen-bond acceptors (Lipinski definition) is 5. The number of methoxy groups -OCH3 is 1. The monoisotopic (exact) mass is 382 g/mol. The third-order valence-corrected chi connectivity index (χ3v) is 7.00. The van der Waals surface area contributed by atoms with Crippen molar-refractivity contribution in [3.63, 3.8) is 0 Å². The standard InChI is InChI=1S/C17H22N2O6S/c1-25-13-6-5-12(15(20)18-17(16(21)22)7-4-8-17)11-14(13)26(23,24)19-9-2-3-10-19/h5-6,11H,2-4,7-10H2,1H3,(H,18,20)(H,21,22). The van der Waals surface area contributed by atoms with Crippen LogP contribution in [-0.4, -0.2) is 55.4 Å². The lowest BCUT2D eigenvalue weighted by Gasteiger charge is -2.38. The zero-order valence-corrected chi connectivity index (χ0v) is 15.3. The van der Waals surface area contributed by atoms with E-state index in [0.717, 1.165) is 19.3 Å². The smallest absolute Gasteiger partial charge is 0.329 e. The first kappa shape index (κ1) is 18.7. The van der Waals surface area contributed by atoms with Gasteiger partial charge >= 0.3 is 5.97 Å². The first-order valence-corrected chi connectivity index (χ1v) is 9.98. The molecule has 1 aromatic carbocycles. The van der Waals surface area contributed by atoms with Gasteiger partial charge in [0.05, 0.1) is 7.11 Å². The molecule has 142 valence electrons. The molecule has 1 amide bonds. The summed E-state index contributed by atoms with van der Waals surface area (Å²) < 4.78 is 32.3. The largest absolute Gasteiger partial charge is 0.495 e. The van der Waals surface area contributed by atoms with Crippen molar-refractivity contribution < 1.29 is 27.9 Å². The van der Waals surface area contributed by atoms with E-state index >= 15 is 0 Å². The van der Waals surface area contributed by atoms with E-state index in [1.807, 2.05) is 0 Å². The van der Waals surface area contributed by atoms with Gasteiger partial charge in [0.1, 0.15) is 16.2 Å². The Morgan fingerprint density at radius 1 is 1.19 bits per heavy atom. The highest BCUT2D eigenvalue weighted by atomic mass is 32.2. The zero-order valence-electron chi connectivity index (χ0n) is 14.5. The Morgan fingerprint density at radius 2 is 1.85 bits per heavy atom. The summed E-state index contributed by atoms with van der Waals surface area (Å²) in [6, 6.07) is 4.12. The van der Waals surface area contributed by atoms with Gasteiger partial charge in [0.15, 0.2) is 0 Å². The lowest BCUT2D eigenvalue weighted by atomic mass is 9.76. The van der Waals surface area contributed by atoms with E-state index in [9.17, 15) is 23.1 Å². The minimum Gasteiger partial charge on any atom is -0.495 e. The molecule has 2 aliphatic rings. The topological polar surface area (TPSA) is 113 Å². The van der Waals surface area contributed by atoms with E-state index in [1.54, 1.807) is 0 Å². The predicted octanol–water partition coefficient (Wildman–Crippen LogP) is 1.22. The number of aliphatic carboxylic acids is 1. The van der Waals surface area contributed by atoms with Crippen LogP contribution in [0, 0.1) is 0 Å². The SMILES string of the molecule is COc1ccc(C(=O)NC2(C(=O)O)CCC2)cc1S(=O)(=O)N1CCCC1. The van der Waals surface area contributed by atoms with Crippen LogP contribution < -0.4 is 10.1 Å². The third-order valence-electron chi connectivity index (χ3n) is 5.08. The summed E-state index contributed by atoms with van der Waals surface area (Å²) in [5, 5.41) is 11.9. The van der Waals surface area contributed by atoms with Crippen molar-refractivity contribution in [3.05, 3.63) is 23.8 Å². The van der Waals surface area contributed by atoms with Crippen molar-refractivity contribution >= 4 is 21.9 Å². The Balaban J connectivity index is 1.92. The molecule has 1 aliphatic heterocycles. The van der Waals surface area contributed by atoms with E-state index in [2.05, 4.69) is 5.32 Å². The van der Waals surface area contributed by atoms with Crippen molar-refractivity contribution in [1.82, 2.24) is 9.62 Å². The van der Waals surface area contributed by atoms with Gasteiger partial charge in [0.25, 0.3) is 5.91 Å². The van der Waals surface area contributed by atoms with Gasteiger partial charge < -0.3 is 15.2 Å². The second kappa shape index (κ2) is 6.88. The molecule has 2 N–H and O–H groups in total. The molecule has 1 saturated heterocycles. The van der Waals surface area contributed by atoms with Crippen LogP contribution in [0.1, 0.15) is 42.5 Å². The highest BCUT2D eigenvalue weighted by Crippen LogP contribution is 2.33. The fourth-order valence-corrected chi connectivity index (χ4v) is 5.00. The Kier molecular flexibility index (Phi) is 4.94. The summed E-state index contributed by atoms with van der Waals surface area (Å²) in [6.07, 6.45) is 3.04. The second-order valence-corrected chi connectivity index (χ2v) is 8.58. The van der Waals surface area contributed by atoms with Gasteiger partial charge in [0, 0.05) is 18.7 Å². The minimum atomic E-state index is -3.78. The van der Waals surface area contributed by atoms with Crippen molar-refractivity contribution in [2.45, 2.75) is 42.5 Å². The summed E-state index contributed by atoms with van der Waals surface area (Å²) in [6.45, 7) is 0.869. The Morgan fingerprint density at radius 3 is 2.35 bits per heavy atom. The van der Waals surface area contributed by atoms with Crippen molar-refractivity contribution in [1.29, 1.82) is 0 Å². The van der Waals surface area contributed by atoms with E-state index in [-0.39, 0.29) is 16.2 Å². The Hall–Kier alpha value is -2.13. The van der Waals surface area contributed by atoms with Crippen LogP contribution in [0.25, 0.3) is 0 Å². The van der Waals surface area contributed by atoms with Crippen LogP contribution in [0.5, 0.6) is 5.75 Å². The van der Waals surface area contributed by atoms with Gasteiger partial charge in [-0.25, -0.2) is 13.2 Å². The van der Waals surface area contributed by atoms with Crippen LogP contribution in [0.15, 0.2) is 23.1 Å². The number of carbonyl (C=O) groups is 2. The van der Waals surface area contributed by atoms with E-state index in [4.69, 9.17) is 4.74 Å². The number of sulfonamides is 1. The van der Waals surface area contributed by atoms with Gasteiger partial charge in [-0.3, -0.25) is 4.79 Å². The summed E-state index contributed by atoms with van der Waals surface area (Å²) in [7, 11) is -2.41. The van der Waals surface area contributed by atoms with Crippen LogP contribution in [0.3, 0.4) is 0 Å². The quantitative estimate of drug-likeness (QED) is 0.765. The molecule has 1 aromatic rings. The first-order valence-electron chi connectivity index (χ1n) is 8.54. The molecule has 0 atom stereocenters. The zero-order chi connectivity index (χ0) is 18.9. The molecule has 26 heavy (non-hydrogen) atoms. The van der Waals surface area contributed by atoms with Crippen molar-refractivity contribution in [2.24, 2.45) is 0 Å². The van der Waals surface area contributed by atoms with Crippen molar-refractivity contribution in [2.75, 3.05) is 20.2 Å². The van der Waals surface area contributed by atoms with Gasteiger partial charge in [-0.05, 0) is 50.3 Å². The number of carboxylic acids is 1. The summed E-state index contributed by atoms with van der Waals surface area (Å²) in [4.78, 5) is 23.9. The normalized spacial score (nSPS) is 19.6. The molecule has 2 fully saturated rings. The molecule has 1 heterocycles. The highest BCUT2D eigenvalue weighted by molar-refractivity contribution is 7.89. The molecule has 0 spiro atoms. The predicted molar refractivity (Wildman–Crippen MR) is 92.7 cm³/mol. The number of hydrogen-bond donors (Lipinski definition) is 2. The average molecular weight is 382 g/mol. The van der Waals surface area contributed by atoms with Crippen LogP contribution in [0.4, 0.5) is 0 Å². The summed E-state index contributed by atoms with van der Waals surface area (Å²) in [5.74, 6) is -1.52. The number of carbonyl (C=O) groups excluding carboxylic acids is 1. The molecule has 0 aromatic heterocycles. The number of ether oxygens (including phenoxy) is 1. The molecular weight excluding hydrogens is 360 g/mol. The van der Waals surface area contributed by atoms with Gasteiger partial charge in [-0.1, -0.05) is 0 Å². The molecule has 0 radical (unpaired) electrons. The summed E-state index contributed by atoms with van der Waals surface area (Å²) >= 11 is 0. The van der Waals surface area contributed by atoms with Crippen LogP contribution in [-0.2, 0) is 14.8 Å². The molecular formula is C17H22N2O6S. The molecule has 3 rings (SSSR count). The van der Waals surface area contributed by atoms with E-state index < -0.39 is 27.4 Å². The fourth-order valence-electron chi connectivity index (χ4n) is 3.30. The third kappa shape index (κ3) is 3.16. The second-order valence-electron chi connectivity index (χ2n) is 6.67. The molecule has 9 heteroatoms. The number of nitrogens with one attached hydrogen (secondary N) is 1. The molecule has 1 saturated carbocycles. The number of amides is 1. The molecule has 0 unspecified atom stereocenters. The average Bonchev–Trinajstić information content (AvgIpc) is 3.12. The molecule has 1 aliphatic carbocycles. The molecule has 0 bridgehead atoms. The van der Waals surface area contributed by atoms with Crippen molar-refractivity contribution in [3.8, 4) is 5.75 Å². The number of rotatable bonds is 6. The number of carboxylic acid groups (broad SMARTS) is 1. The fraction of sp³-hybridized carbons (Fsp3) is 0.529. The maximum Gasteiger partial charge on any atom is 0.329 e. The first-order chi connectivity index (χ1) is 12.3. The molecule has 8 nitrogen and oxygen atoms in total. The lowest BCUT2D eigenvalue weighted by molar-refractivity contribution is -0.148. The van der Waals surface area contributed by atoms with E-state index in [0.29, 0.717) is 25.9 Å². The summed E-state index contributed by atoms with van der Waals surface area (Å²) in [5.41, 5.74) is -1.17. The van der Waals surface area contributed by atoms with Gasteiger partial charge in [0.2, 0.25) is 10.0 Å². The van der Waals surface area contributed by atoms with Crippen LogP contribution >= 0.6 is 0 Å². The maximum absolute atomic E-state index is 12.9. The van der Waals surface area contributed by atoms with Gasteiger partial charge in [-0.15, -0.1) is 0 Å². The van der Waals surface area contributed by atoms with E-state index in [1.165, 1.54) is 29.6 Å². The number of benzene rings is 1.